The molecule has 1 aromatic carbocycles. The van der Waals surface area contributed by atoms with Gasteiger partial charge >= 0.3 is 0 Å². The second kappa shape index (κ2) is 5.23. The van der Waals surface area contributed by atoms with Gasteiger partial charge in [0.25, 0.3) is 0 Å². The first-order valence-corrected chi connectivity index (χ1v) is 4.92. The van der Waals surface area contributed by atoms with Crippen molar-refractivity contribution in [2.24, 2.45) is 0 Å². The van der Waals surface area contributed by atoms with Gasteiger partial charge in [-0.25, -0.2) is 0 Å². The Labute approximate surface area is 89.5 Å². The molecule has 0 unspecified atom stereocenters. The van der Waals surface area contributed by atoms with Crippen LogP contribution in [-0.2, 0) is 0 Å². The smallest absolute Gasteiger partial charge is 0.119 e. The maximum Gasteiger partial charge on any atom is 0.119 e. The molecule has 77 valence electrons. The lowest BCUT2D eigenvalue weighted by Crippen LogP contribution is -2.02. The average molecular weight is 214 g/mol. The fourth-order valence-electron chi connectivity index (χ4n) is 1.17. The highest BCUT2D eigenvalue weighted by Crippen LogP contribution is 2.27. The Morgan fingerprint density at radius 2 is 2.21 bits per heavy atom. The minimum absolute atomic E-state index is 0.00922. The summed E-state index contributed by atoms with van der Waals surface area (Å²) in [5, 5.41) is 9.64. The molecule has 2 nitrogen and oxygen atoms in total. The van der Waals surface area contributed by atoms with Crippen LogP contribution in [0.1, 0.15) is 19.4 Å². The normalized spacial score (nSPS) is 10.6. The molecule has 0 saturated carbocycles. The van der Waals surface area contributed by atoms with Gasteiger partial charge in [-0.1, -0.05) is 18.5 Å². The van der Waals surface area contributed by atoms with Gasteiger partial charge in [-0.15, -0.1) is 0 Å². The topological polar surface area (TPSA) is 29.5 Å². The fraction of sp³-hybridized carbons (Fsp3) is 0.364. The zero-order valence-electron chi connectivity index (χ0n) is 8.38. The van der Waals surface area contributed by atoms with Crippen molar-refractivity contribution >= 4 is 11.6 Å². The van der Waals surface area contributed by atoms with Crippen LogP contribution in [0.2, 0.25) is 5.02 Å². The maximum absolute atomic E-state index is 9.00. The summed E-state index contributed by atoms with van der Waals surface area (Å²) in [6.07, 6.45) is 0. The summed E-state index contributed by atoms with van der Waals surface area (Å²) >= 11 is 5.98. The van der Waals surface area contributed by atoms with E-state index in [0.29, 0.717) is 11.6 Å². The highest BCUT2D eigenvalue weighted by Gasteiger charge is 2.10. The third-order valence-corrected chi connectivity index (χ3v) is 2.28. The van der Waals surface area contributed by atoms with E-state index in [4.69, 9.17) is 21.4 Å². The SMILES string of the molecule is CCOc1ccc(Cl)c([C](C)CO)c1. The van der Waals surface area contributed by atoms with Crippen molar-refractivity contribution in [3.05, 3.63) is 34.7 Å². The molecule has 1 N–H and O–H groups in total. The number of hydrogen-bond acceptors (Lipinski definition) is 2. The first kappa shape index (κ1) is 11.3. The molecular formula is C11H14ClO2. The lowest BCUT2D eigenvalue weighted by Gasteiger charge is -2.12. The Morgan fingerprint density at radius 3 is 2.79 bits per heavy atom. The molecule has 14 heavy (non-hydrogen) atoms. The molecule has 0 aromatic heterocycles. The fourth-order valence-corrected chi connectivity index (χ4v) is 1.45. The second-order valence-electron chi connectivity index (χ2n) is 3.01. The molecule has 0 spiro atoms. The standard InChI is InChI=1S/C11H14ClO2/c1-3-14-9-4-5-11(12)10(6-9)8(2)7-13/h4-6,13H,3,7H2,1-2H3. The van der Waals surface area contributed by atoms with Crippen LogP contribution in [0.3, 0.4) is 0 Å². The Balaban J connectivity index is 2.95. The minimum Gasteiger partial charge on any atom is -0.494 e. The number of benzene rings is 1. The van der Waals surface area contributed by atoms with Crippen LogP contribution >= 0.6 is 11.6 Å². The van der Waals surface area contributed by atoms with Gasteiger partial charge in [-0.2, -0.15) is 0 Å². The number of rotatable bonds is 4. The van der Waals surface area contributed by atoms with E-state index < -0.39 is 0 Å². The monoisotopic (exact) mass is 213 g/mol. The van der Waals surface area contributed by atoms with E-state index in [1.54, 1.807) is 6.07 Å². The van der Waals surface area contributed by atoms with Crippen LogP contribution in [0.4, 0.5) is 0 Å². The van der Waals surface area contributed by atoms with Gasteiger partial charge in [0.2, 0.25) is 0 Å². The van der Waals surface area contributed by atoms with Crippen LogP contribution < -0.4 is 4.74 Å². The van der Waals surface area contributed by atoms with E-state index >= 15 is 0 Å². The molecule has 0 bridgehead atoms. The largest absolute Gasteiger partial charge is 0.494 e. The lowest BCUT2D eigenvalue weighted by atomic mass is 10.0. The number of ether oxygens (including phenoxy) is 1. The van der Waals surface area contributed by atoms with Crippen molar-refractivity contribution in [1.29, 1.82) is 0 Å². The zero-order valence-corrected chi connectivity index (χ0v) is 9.14. The molecule has 1 aromatic rings. The van der Waals surface area contributed by atoms with Crippen molar-refractivity contribution in [2.75, 3.05) is 13.2 Å². The third kappa shape index (κ3) is 2.63. The molecule has 1 rings (SSSR count). The Kier molecular flexibility index (Phi) is 4.23. The van der Waals surface area contributed by atoms with Gasteiger partial charge in [-0.05, 0) is 30.7 Å². The van der Waals surface area contributed by atoms with E-state index in [9.17, 15) is 0 Å². The Bertz CT molecular complexity index is 299. The van der Waals surface area contributed by atoms with Crippen molar-refractivity contribution in [3.8, 4) is 5.75 Å². The van der Waals surface area contributed by atoms with Crippen LogP contribution in [-0.4, -0.2) is 18.3 Å². The number of halogens is 1. The summed E-state index contributed by atoms with van der Waals surface area (Å²) in [5.41, 5.74) is 0.847. The maximum atomic E-state index is 9.00. The molecule has 0 aliphatic carbocycles. The predicted molar refractivity (Wildman–Crippen MR) is 57.7 cm³/mol. The molecule has 0 aliphatic rings. The molecule has 0 aliphatic heterocycles. The zero-order chi connectivity index (χ0) is 10.6. The van der Waals surface area contributed by atoms with Crippen LogP contribution in [0.15, 0.2) is 18.2 Å². The quantitative estimate of drug-likeness (QED) is 0.834. The number of hydrogen-bond donors (Lipinski definition) is 1. The summed E-state index contributed by atoms with van der Waals surface area (Å²) in [6.45, 7) is 4.41. The van der Waals surface area contributed by atoms with E-state index in [1.807, 2.05) is 26.0 Å². The van der Waals surface area contributed by atoms with Crippen LogP contribution in [0.5, 0.6) is 5.75 Å². The van der Waals surface area contributed by atoms with E-state index in [0.717, 1.165) is 17.2 Å². The van der Waals surface area contributed by atoms with Gasteiger partial charge in [-0.3, -0.25) is 0 Å². The number of aliphatic hydroxyl groups excluding tert-OH is 1. The van der Waals surface area contributed by atoms with Gasteiger partial charge in [0.15, 0.2) is 0 Å². The first-order valence-electron chi connectivity index (χ1n) is 4.55. The van der Waals surface area contributed by atoms with Crippen molar-refractivity contribution in [3.63, 3.8) is 0 Å². The van der Waals surface area contributed by atoms with Crippen molar-refractivity contribution in [2.45, 2.75) is 13.8 Å². The Morgan fingerprint density at radius 1 is 1.50 bits per heavy atom. The highest BCUT2D eigenvalue weighted by atomic mass is 35.5. The van der Waals surface area contributed by atoms with E-state index in [1.165, 1.54) is 0 Å². The van der Waals surface area contributed by atoms with Gasteiger partial charge in [0.1, 0.15) is 5.75 Å². The highest BCUT2D eigenvalue weighted by molar-refractivity contribution is 6.31. The average Bonchev–Trinajstić information content (AvgIpc) is 2.20. The molecule has 0 fully saturated rings. The summed E-state index contributed by atoms with van der Waals surface area (Å²) < 4.78 is 5.34. The second-order valence-corrected chi connectivity index (χ2v) is 3.42. The molecule has 1 radical (unpaired) electrons. The van der Waals surface area contributed by atoms with Crippen LogP contribution in [0, 0.1) is 5.92 Å². The molecule has 0 atom stereocenters. The van der Waals surface area contributed by atoms with Gasteiger partial charge in [0, 0.05) is 10.9 Å². The molecular weight excluding hydrogens is 200 g/mol. The lowest BCUT2D eigenvalue weighted by molar-refractivity contribution is 0.314. The molecule has 0 heterocycles. The van der Waals surface area contributed by atoms with E-state index in [2.05, 4.69) is 0 Å². The molecule has 3 heteroatoms. The summed E-state index contributed by atoms with van der Waals surface area (Å²) in [6, 6.07) is 5.44. The van der Waals surface area contributed by atoms with Gasteiger partial charge < -0.3 is 9.84 Å². The van der Waals surface area contributed by atoms with Crippen molar-refractivity contribution < 1.29 is 9.84 Å². The predicted octanol–water partition coefficient (Wildman–Crippen LogP) is 2.67. The van der Waals surface area contributed by atoms with E-state index in [-0.39, 0.29) is 6.61 Å². The summed E-state index contributed by atoms with van der Waals surface area (Å²) in [5.74, 6) is 1.62. The molecule has 0 amide bonds. The first-order chi connectivity index (χ1) is 6.69. The van der Waals surface area contributed by atoms with Gasteiger partial charge in [0.05, 0.1) is 13.2 Å². The van der Waals surface area contributed by atoms with Crippen LogP contribution in [0.25, 0.3) is 0 Å². The minimum atomic E-state index is 0.00922. The molecule has 0 saturated heterocycles. The summed E-state index contributed by atoms with van der Waals surface area (Å²) in [4.78, 5) is 0. The number of aliphatic hydroxyl groups is 1. The third-order valence-electron chi connectivity index (χ3n) is 1.95. The Hall–Kier alpha value is -0.730. The van der Waals surface area contributed by atoms with Crippen molar-refractivity contribution in [1.82, 2.24) is 0 Å². The summed E-state index contributed by atoms with van der Waals surface area (Å²) in [7, 11) is 0.